The number of carbonyl (C=O) groups is 3. The summed E-state index contributed by atoms with van der Waals surface area (Å²) in [7, 11) is 0. The Balaban J connectivity index is 1.47. The van der Waals surface area contributed by atoms with Gasteiger partial charge in [-0.1, -0.05) is 27.2 Å². The molecule has 10 atom stereocenters. The number of aliphatic hydroxyl groups excluding tert-OH is 1. The van der Waals surface area contributed by atoms with Crippen LogP contribution in [-0.4, -0.2) is 48.3 Å². The molecule has 0 radical (unpaired) electrons. The van der Waals surface area contributed by atoms with Crippen LogP contribution in [0.1, 0.15) is 86.0 Å². The van der Waals surface area contributed by atoms with E-state index in [0.717, 1.165) is 44.9 Å². The molecule has 37 heavy (non-hydrogen) atoms. The Kier molecular flexibility index (Phi) is 6.75. The lowest BCUT2D eigenvalue weighted by Gasteiger charge is -2.68. The Morgan fingerprint density at radius 2 is 1.78 bits per heavy atom. The second-order valence-corrected chi connectivity index (χ2v) is 13.1. The first-order chi connectivity index (χ1) is 17.4. The Bertz CT molecular complexity index is 990. The molecule has 0 aromatic carbocycles. The third kappa shape index (κ3) is 4.42. The number of aliphatic hydroxyl groups is 1. The van der Waals surface area contributed by atoms with Crippen molar-refractivity contribution >= 4 is 17.9 Å². The van der Waals surface area contributed by atoms with Gasteiger partial charge in [0, 0.05) is 36.8 Å². The summed E-state index contributed by atoms with van der Waals surface area (Å²) in [6.45, 7) is 10.5. The van der Waals surface area contributed by atoms with Gasteiger partial charge in [-0.25, -0.2) is 4.79 Å². The number of cyclic esters (lactones) is 1. The van der Waals surface area contributed by atoms with Crippen LogP contribution < -0.4 is 0 Å². The number of hydrogen-bond acceptors (Lipinski definition) is 8. The number of hydrogen-bond donors (Lipinski definition) is 1. The number of rotatable bonds is 4. The Morgan fingerprint density at radius 1 is 1.03 bits per heavy atom. The van der Waals surface area contributed by atoms with E-state index in [-0.39, 0.29) is 34.1 Å². The molecule has 206 valence electrons. The summed E-state index contributed by atoms with van der Waals surface area (Å²) in [5.74, 6) is 0.0136. The molecule has 5 rings (SSSR count). The number of esters is 3. The molecule has 0 amide bonds. The summed E-state index contributed by atoms with van der Waals surface area (Å²) in [4.78, 5) is 35.6. The molecule has 2 aliphatic heterocycles. The van der Waals surface area contributed by atoms with Crippen LogP contribution in [0.5, 0.6) is 0 Å². The van der Waals surface area contributed by atoms with Crippen molar-refractivity contribution in [3.05, 3.63) is 11.6 Å². The number of carbonyl (C=O) groups excluding carboxylic acids is 3. The summed E-state index contributed by atoms with van der Waals surface area (Å²) in [6, 6.07) is 0. The van der Waals surface area contributed by atoms with Gasteiger partial charge in [0.25, 0.3) is 0 Å². The van der Waals surface area contributed by atoms with E-state index < -0.39 is 30.6 Å². The van der Waals surface area contributed by atoms with Crippen LogP contribution in [0.25, 0.3) is 0 Å². The first kappa shape index (κ1) is 26.7. The van der Waals surface area contributed by atoms with Crippen molar-refractivity contribution in [2.24, 2.45) is 39.9 Å². The zero-order valence-electron chi connectivity index (χ0n) is 22.8. The van der Waals surface area contributed by atoms with Crippen LogP contribution in [-0.2, 0) is 33.3 Å². The molecule has 1 saturated heterocycles. The average Bonchev–Trinajstić information content (AvgIpc) is 3.15. The van der Waals surface area contributed by atoms with Gasteiger partial charge in [-0.3, -0.25) is 9.59 Å². The van der Waals surface area contributed by atoms with Gasteiger partial charge in [-0.2, -0.15) is 0 Å². The summed E-state index contributed by atoms with van der Waals surface area (Å²) in [6.07, 6.45) is 6.75. The fourth-order valence-corrected chi connectivity index (χ4v) is 9.57. The summed E-state index contributed by atoms with van der Waals surface area (Å²) >= 11 is 0. The van der Waals surface area contributed by atoms with Crippen molar-refractivity contribution in [3.63, 3.8) is 0 Å². The predicted molar refractivity (Wildman–Crippen MR) is 132 cm³/mol. The second-order valence-electron chi connectivity index (χ2n) is 13.1. The fraction of sp³-hybridized carbons (Fsp3) is 0.828. The maximum Gasteiger partial charge on any atom is 0.333 e. The molecule has 5 aliphatic rings. The highest BCUT2D eigenvalue weighted by Crippen LogP contribution is 2.70. The molecule has 1 N–H and O–H groups in total. The molecule has 4 fully saturated rings. The third-order valence-corrected chi connectivity index (χ3v) is 11.0. The van der Waals surface area contributed by atoms with E-state index in [2.05, 4.69) is 20.8 Å². The molecule has 0 aromatic heterocycles. The van der Waals surface area contributed by atoms with Gasteiger partial charge in [-0.05, 0) is 73.5 Å². The smallest absolute Gasteiger partial charge is 0.333 e. The molecule has 8 heteroatoms. The first-order valence-corrected chi connectivity index (χ1v) is 13.9. The van der Waals surface area contributed by atoms with E-state index in [1.807, 2.05) is 0 Å². The SMILES string of the molecule is CC(=O)OC[C@@]1(C)CCC[C@@]2(C)C1CC[C@]1(C)C2CC[C@@H]2[C@H](OC(C)=O)O[C@@H](C3=CC(=O)OC3O)C[C@H]21. The average molecular weight is 519 g/mol. The minimum absolute atomic E-state index is 0.0107. The lowest BCUT2D eigenvalue weighted by atomic mass is 9.38. The zero-order valence-corrected chi connectivity index (χ0v) is 22.8. The summed E-state index contributed by atoms with van der Waals surface area (Å²) in [5.41, 5.74) is 0.480. The van der Waals surface area contributed by atoms with Crippen LogP contribution >= 0.6 is 0 Å². The highest BCUT2D eigenvalue weighted by atomic mass is 16.7. The number of fused-ring (bicyclic) bond motifs is 5. The molecule has 3 unspecified atom stereocenters. The molecule has 3 aliphatic carbocycles. The van der Waals surface area contributed by atoms with E-state index in [1.165, 1.54) is 19.9 Å². The van der Waals surface area contributed by atoms with E-state index in [1.54, 1.807) is 0 Å². The Morgan fingerprint density at radius 3 is 2.43 bits per heavy atom. The maximum atomic E-state index is 12.0. The van der Waals surface area contributed by atoms with Crippen molar-refractivity contribution < 1.29 is 38.4 Å². The van der Waals surface area contributed by atoms with E-state index in [4.69, 9.17) is 18.9 Å². The molecule has 8 nitrogen and oxygen atoms in total. The van der Waals surface area contributed by atoms with Crippen LogP contribution in [0.4, 0.5) is 0 Å². The van der Waals surface area contributed by atoms with Gasteiger partial charge >= 0.3 is 17.9 Å². The Labute approximate surface area is 219 Å². The standard InChI is InChI=1S/C29H42O8/c1-16(30)34-15-27(3)10-6-11-29(5)22(27)9-12-28(4)20-14-21(19-13-24(32)37-25(19)33)36-26(35-17(2)31)18(20)7-8-23(28)29/h13,18,20-23,25-26,33H,6-12,14-15H2,1-5H3/t18-,20+,21+,22?,23?,25?,26+,27+,28-,29-/m0/s1. The molecule has 3 saturated carbocycles. The molecule has 0 spiro atoms. The summed E-state index contributed by atoms with van der Waals surface area (Å²) in [5, 5.41) is 10.4. The monoisotopic (exact) mass is 518 g/mol. The quantitative estimate of drug-likeness (QED) is 0.434. The molecule has 0 bridgehead atoms. The Hall–Kier alpha value is -1.93. The topological polar surface area (TPSA) is 108 Å². The maximum absolute atomic E-state index is 12.0. The van der Waals surface area contributed by atoms with Gasteiger partial charge in [0.2, 0.25) is 12.6 Å². The minimum atomic E-state index is -1.33. The molecular formula is C29H42O8. The normalized spacial score (nSPS) is 47.0. The van der Waals surface area contributed by atoms with Gasteiger partial charge in [-0.15, -0.1) is 0 Å². The second kappa shape index (κ2) is 9.37. The summed E-state index contributed by atoms with van der Waals surface area (Å²) < 4.78 is 22.5. The molecule has 2 heterocycles. The lowest BCUT2D eigenvalue weighted by Crippen LogP contribution is -2.63. The van der Waals surface area contributed by atoms with Crippen LogP contribution in [0.15, 0.2) is 11.6 Å². The van der Waals surface area contributed by atoms with Gasteiger partial charge in [0.15, 0.2) is 0 Å². The fourth-order valence-electron chi connectivity index (χ4n) is 9.57. The third-order valence-electron chi connectivity index (χ3n) is 11.0. The van der Waals surface area contributed by atoms with Crippen molar-refractivity contribution in [1.29, 1.82) is 0 Å². The minimum Gasteiger partial charge on any atom is -0.465 e. The van der Waals surface area contributed by atoms with Gasteiger partial charge in [0.05, 0.1) is 12.7 Å². The van der Waals surface area contributed by atoms with E-state index in [0.29, 0.717) is 30.4 Å². The van der Waals surface area contributed by atoms with Crippen LogP contribution in [0.2, 0.25) is 0 Å². The van der Waals surface area contributed by atoms with Crippen LogP contribution in [0.3, 0.4) is 0 Å². The van der Waals surface area contributed by atoms with Gasteiger partial charge < -0.3 is 24.1 Å². The highest BCUT2D eigenvalue weighted by Gasteiger charge is 2.65. The van der Waals surface area contributed by atoms with Crippen molar-refractivity contribution in [1.82, 2.24) is 0 Å². The molecular weight excluding hydrogens is 476 g/mol. The van der Waals surface area contributed by atoms with E-state index in [9.17, 15) is 19.5 Å². The van der Waals surface area contributed by atoms with Crippen molar-refractivity contribution in [2.75, 3.05) is 6.61 Å². The van der Waals surface area contributed by atoms with Gasteiger partial charge in [0.1, 0.15) is 0 Å². The predicted octanol–water partition coefficient (Wildman–Crippen LogP) is 4.28. The van der Waals surface area contributed by atoms with Crippen molar-refractivity contribution in [3.8, 4) is 0 Å². The van der Waals surface area contributed by atoms with Crippen molar-refractivity contribution in [2.45, 2.75) is 105 Å². The van der Waals surface area contributed by atoms with Crippen LogP contribution in [0, 0.1) is 39.9 Å². The lowest BCUT2D eigenvalue weighted by molar-refractivity contribution is -0.271. The largest absolute Gasteiger partial charge is 0.465 e. The first-order valence-electron chi connectivity index (χ1n) is 13.9. The zero-order chi connectivity index (χ0) is 26.8. The molecule has 0 aromatic rings. The highest BCUT2D eigenvalue weighted by molar-refractivity contribution is 5.85. The number of ether oxygens (including phenoxy) is 4. The van der Waals surface area contributed by atoms with E-state index >= 15 is 0 Å².